The lowest BCUT2D eigenvalue weighted by molar-refractivity contribution is 0.544. The fourth-order valence-electron chi connectivity index (χ4n) is 1.27. The Kier molecular flexibility index (Phi) is 3.26. The van der Waals surface area contributed by atoms with E-state index in [9.17, 15) is 12.8 Å². The summed E-state index contributed by atoms with van der Waals surface area (Å²) in [5.41, 5.74) is 5.96. The minimum atomic E-state index is -4.02. The average Bonchev–Trinajstić information content (AvgIpc) is 2.73. The second-order valence-corrected chi connectivity index (χ2v) is 5.11. The predicted octanol–water partition coefficient (Wildman–Crippen LogP) is 0.00450. The molecule has 0 saturated heterocycles. The zero-order valence-corrected chi connectivity index (χ0v) is 9.91. The van der Waals surface area contributed by atoms with Gasteiger partial charge in [-0.15, -0.1) is 0 Å². The molecule has 2 aromatic heterocycles. The van der Waals surface area contributed by atoms with Crippen LogP contribution in [0.4, 0.5) is 10.2 Å². The number of aromatic amines is 1. The Bertz CT molecular complexity index is 654. The topological polar surface area (TPSA) is 114 Å². The number of aromatic nitrogens is 3. The van der Waals surface area contributed by atoms with Crippen molar-refractivity contribution < 1.29 is 12.8 Å². The number of anilines is 1. The van der Waals surface area contributed by atoms with E-state index in [0.29, 0.717) is 5.56 Å². The van der Waals surface area contributed by atoms with Gasteiger partial charge < -0.3 is 5.73 Å². The molecule has 0 spiro atoms. The van der Waals surface area contributed by atoms with Crippen molar-refractivity contribution in [2.45, 2.75) is 11.6 Å². The second-order valence-electron chi connectivity index (χ2n) is 3.42. The summed E-state index contributed by atoms with van der Waals surface area (Å²) in [6, 6.07) is 2.33. The molecule has 0 aliphatic carbocycles. The van der Waals surface area contributed by atoms with Gasteiger partial charge in [-0.05, 0) is 12.1 Å². The van der Waals surface area contributed by atoms with Gasteiger partial charge in [-0.2, -0.15) is 5.10 Å². The Morgan fingerprint density at radius 2 is 2.28 bits per heavy atom. The normalized spacial score (nSPS) is 11.6. The molecule has 0 aliphatic heterocycles. The molecule has 0 bridgehead atoms. The van der Waals surface area contributed by atoms with Crippen molar-refractivity contribution in [2.75, 3.05) is 5.73 Å². The van der Waals surface area contributed by atoms with Crippen molar-refractivity contribution >= 4 is 15.8 Å². The molecule has 0 atom stereocenters. The van der Waals surface area contributed by atoms with Crippen LogP contribution in [0.2, 0.25) is 0 Å². The van der Waals surface area contributed by atoms with Gasteiger partial charge in [0.1, 0.15) is 5.82 Å². The molecule has 2 heterocycles. The van der Waals surface area contributed by atoms with Gasteiger partial charge in [-0.3, -0.25) is 5.10 Å². The number of nitrogens with one attached hydrogen (secondary N) is 2. The molecule has 7 nitrogen and oxygen atoms in total. The molecule has 0 aliphatic rings. The maximum atomic E-state index is 13.3. The molecule has 0 fully saturated rings. The third-order valence-electron chi connectivity index (χ3n) is 2.18. The van der Waals surface area contributed by atoms with Gasteiger partial charge in [0.2, 0.25) is 5.03 Å². The van der Waals surface area contributed by atoms with Crippen LogP contribution in [0, 0.1) is 5.82 Å². The van der Waals surface area contributed by atoms with E-state index in [1.54, 1.807) is 0 Å². The van der Waals surface area contributed by atoms with Crippen molar-refractivity contribution in [3.8, 4) is 0 Å². The molecule has 18 heavy (non-hydrogen) atoms. The zero-order valence-electron chi connectivity index (χ0n) is 9.09. The number of hydrogen-bond donors (Lipinski definition) is 3. The van der Waals surface area contributed by atoms with Crippen LogP contribution < -0.4 is 10.5 Å². The molecule has 0 amide bonds. The quantitative estimate of drug-likeness (QED) is 0.724. The molecule has 9 heteroatoms. The summed E-state index contributed by atoms with van der Waals surface area (Å²) in [6.45, 7) is -0.0965. The SMILES string of the molecule is Nc1[nH]ncc1CNS(=O)(=O)c1ncccc1F. The van der Waals surface area contributed by atoms with Gasteiger partial charge in [-0.25, -0.2) is 22.5 Å². The van der Waals surface area contributed by atoms with Gasteiger partial charge in [0.15, 0.2) is 5.82 Å². The molecule has 2 rings (SSSR count). The van der Waals surface area contributed by atoms with Gasteiger partial charge in [0, 0.05) is 18.3 Å². The highest BCUT2D eigenvalue weighted by Gasteiger charge is 2.20. The second kappa shape index (κ2) is 4.70. The monoisotopic (exact) mass is 271 g/mol. The summed E-state index contributed by atoms with van der Waals surface area (Å²) in [6.07, 6.45) is 2.58. The van der Waals surface area contributed by atoms with E-state index in [4.69, 9.17) is 5.73 Å². The standard InChI is InChI=1S/C9H10FN5O2S/c10-7-2-1-3-12-9(7)18(16,17)14-5-6-4-13-15-8(6)11/h1-4,14H,5H2,(H3,11,13,15). The summed E-state index contributed by atoms with van der Waals surface area (Å²) in [7, 11) is -4.02. The number of nitrogen functional groups attached to an aromatic ring is 1. The molecular weight excluding hydrogens is 261 g/mol. The van der Waals surface area contributed by atoms with Crippen molar-refractivity contribution in [1.29, 1.82) is 0 Å². The maximum absolute atomic E-state index is 13.3. The van der Waals surface area contributed by atoms with Crippen LogP contribution in [0.5, 0.6) is 0 Å². The molecule has 2 aromatic rings. The molecule has 0 aromatic carbocycles. The number of nitrogens with zero attached hydrogens (tertiary/aromatic N) is 2. The number of pyridine rings is 1. The molecule has 4 N–H and O–H groups in total. The Hall–Kier alpha value is -2.00. The van der Waals surface area contributed by atoms with Crippen molar-refractivity contribution in [3.63, 3.8) is 0 Å². The van der Waals surface area contributed by atoms with Crippen LogP contribution >= 0.6 is 0 Å². The van der Waals surface area contributed by atoms with Crippen LogP contribution in [0.25, 0.3) is 0 Å². The third-order valence-corrected chi connectivity index (χ3v) is 3.52. The van der Waals surface area contributed by atoms with Gasteiger partial charge in [0.05, 0.1) is 6.20 Å². The molecular formula is C9H10FN5O2S. The Balaban J connectivity index is 2.19. The van der Waals surface area contributed by atoms with Gasteiger partial charge in [0.25, 0.3) is 10.0 Å². The lowest BCUT2D eigenvalue weighted by Crippen LogP contribution is -2.25. The Labute approximate surface area is 102 Å². The maximum Gasteiger partial charge on any atom is 0.261 e. The minimum Gasteiger partial charge on any atom is -0.384 e. The first kappa shape index (κ1) is 12.5. The van der Waals surface area contributed by atoms with E-state index in [0.717, 1.165) is 6.07 Å². The van der Waals surface area contributed by atoms with Crippen LogP contribution in [-0.4, -0.2) is 23.6 Å². The van der Waals surface area contributed by atoms with E-state index < -0.39 is 20.9 Å². The minimum absolute atomic E-state index is 0.0965. The van der Waals surface area contributed by atoms with Crippen LogP contribution in [-0.2, 0) is 16.6 Å². The number of hydrogen-bond acceptors (Lipinski definition) is 5. The van der Waals surface area contributed by atoms with Crippen molar-refractivity contribution in [3.05, 3.63) is 35.9 Å². The summed E-state index contributed by atoms with van der Waals surface area (Å²) < 4.78 is 39.0. The van der Waals surface area contributed by atoms with Crippen molar-refractivity contribution in [1.82, 2.24) is 19.9 Å². The van der Waals surface area contributed by atoms with E-state index in [2.05, 4.69) is 19.9 Å². The third kappa shape index (κ3) is 2.46. The first-order valence-corrected chi connectivity index (χ1v) is 6.37. The highest BCUT2D eigenvalue weighted by atomic mass is 32.2. The summed E-state index contributed by atoms with van der Waals surface area (Å²) in [5.74, 6) is -0.663. The average molecular weight is 271 g/mol. The number of H-pyrrole nitrogens is 1. The van der Waals surface area contributed by atoms with E-state index >= 15 is 0 Å². The summed E-state index contributed by atoms with van der Waals surface area (Å²) in [4.78, 5) is 3.49. The van der Waals surface area contributed by atoms with E-state index in [-0.39, 0.29) is 12.4 Å². The lowest BCUT2D eigenvalue weighted by Gasteiger charge is -2.05. The summed E-state index contributed by atoms with van der Waals surface area (Å²) in [5, 5.41) is 5.45. The molecule has 0 radical (unpaired) electrons. The number of rotatable bonds is 4. The largest absolute Gasteiger partial charge is 0.384 e. The van der Waals surface area contributed by atoms with E-state index in [1.165, 1.54) is 18.5 Å². The zero-order chi connectivity index (χ0) is 13.2. The first-order valence-electron chi connectivity index (χ1n) is 4.88. The molecule has 0 unspecified atom stereocenters. The molecule has 0 saturated carbocycles. The van der Waals surface area contributed by atoms with Crippen LogP contribution in [0.15, 0.2) is 29.6 Å². The van der Waals surface area contributed by atoms with Crippen LogP contribution in [0.3, 0.4) is 0 Å². The Morgan fingerprint density at radius 1 is 1.50 bits per heavy atom. The highest BCUT2D eigenvalue weighted by molar-refractivity contribution is 7.89. The highest BCUT2D eigenvalue weighted by Crippen LogP contribution is 2.11. The van der Waals surface area contributed by atoms with Gasteiger partial charge in [-0.1, -0.05) is 0 Å². The first-order chi connectivity index (χ1) is 8.50. The van der Waals surface area contributed by atoms with Crippen LogP contribution in [0.1, 0.15) is 5.56 Å². The fourth-order valence-corrected chi connectivity index (χ4v) is 2.28. The molecule has 96 valence electrons. The number of halogens is 1. The smallest absolute Gasteiger partial charge is 0.261 e. The predicted molar refractivity (Wildman–Crippen MR) is 61.2 cm³/mol. The number of nitrogens with two attached hydrogens (primary N) is 1. The number of sulfonamides is 1. The summed E-state index contributed by atoms with van der Waals surface area (Å²) >= 11 is 0. The lowest BCUT2D eigenvalue weighted by atomic mass is 10.3. The Morgan fingerprint density at radius 3 is 2.89 bits per heavy atom. The van der Waals surface area contributed by atoms with Crippen molar-refractivity contribution in [2.24, 2.45) is 0 Å². The fraction of sp³-hybridized carbons (Fsp3) is 0.111. The van der Waals surface area contributed by atoms with Gasteiger partial charge >= 0.3 is 0 Å². The van der Waals surface area contributed by atoms with E-state index in [1.807, 2.05) is 0 Å².